The number of hydrogen-bond acceptors (Lipinski definition) is 5. The third-order valence-corrected chi connectivity index (χ3v) is 4.75. The van der Waals surface area contributed by atoms with Gasteiger partial charge in [-0.3, -0.25) is 9.63 Å². The molecule has 0 aromatic carbocycles. The Bertz CT molecular complexity index is 842. The van der Waals surface area contributed by atoms with Crippen LogP contribution in [-0.4, -0.2) is 42.3 Å². The summed E-state index contributed by atoms with van der Waals surface area (Å²) in [5.74, 6) is -0.875. The van der Waals surface area contributed by atoms with E-state index in [4.69, 9.17) is 9.57 Å². The van der Waals surface area contributed by atoms with Crippen molar-refractivity contribution in [3.05, 3.63) is 46.3 Å². The Hall–Kier alpha value is -2.85. The van der Waals surface area contributed by atoms with Crippen LogP contribution in [0.25, 0.3) is 0 Å². The molecule has 27 heavy (non-hydrogen) atoms. The third kappa shape index (κ3) is 3.81. The van der Waals surface area contributed by atoms with Crippen LogP contribution in [0.1, 0.15) is 53.5 Å². The number of nitrogens with zero attached hydrogens (tertiary/aromatic N) is 3. The van der Waals surface area contributed by atoms with Gasteiger partial charge in [-0.05, 0) is 19.8 Å². The normalized spacial score (nSPS) is 15.9. The Morgan fingerprint density at radius 3 is 2.59 bits per heavy atom. The van der Waals surface area contributed by atoms with Gasteiger partial charge in [-0.15, -0.1) is 0 Å². The molecule has 0 spiro atoms. The van der Waals surface area contributed by atoms with Crippen LogP contribution in [0.5, 0.6) is 0 Å². The predicted molar refractivity (Wildman–Crippen MR) is 99.8 cm³/mol. The molecule has 1 unspecified atom stereocenters. The van der Waals surface area contributed by atoms with Gasteiger partial charge in [0.05, 0.1) is 19.3 Å². The van der Waals surface area contributed by atoms with Crippen LogP contribution in [0.3, 0.4) is 0 Å². The SMILES string of the molecule is CCOC(=O)c1c(C2C=CC(C(=O)N(C)OC)=CC2)c(C#N)c(CC)n1C. The van der Waals surface area contributed by atoms with Crippen LogP contribution in [0.2, 0.25) is 0 Å². The summed E-state index contributed by atoms with van der Waals surface area (Å²) in [7, 11) is 4.75. The number of carbonyl (C=O) groups is 2. The van der Waals surface area contributed by atoms with Crippen LogP contribution in [0, 0.1) is 11.3 Å². The summed E-state index contributed by atoms with van der Waals surface area (Å²) in [5, 5.41) is 10.9. The highest BCUT2D eigenvalue weighted by Gasteiger charge is 2.30. The van der Waals surface area contributed by atoms with Gasteiger partial charge in [0.1, 0.15) is 11.8 Å². The molecule has 144 valence electrons. The van der Waals surface area contributed by atoms with Crippen LogP contribution in [-0.2, 0) is 27.8 Å². The molecule has 1 aromatic heterocycles. The molecule has 1 amide bonds. The fourth-order valence-corrected chi connectivity index (χ4v) is 3.36. The molecule has 0 saturated carbocycles. The zero-order valence-electron chi connectivity index (χ0n) is 16.4. The molecule has 1 heterocycles. The van der Waals surface area contributed by atoms with Crippen molar-refractivity contribution in [2.75, 3.05) is 20.8 Å². The van der Waals surface area contributed by atoms with E-state index < -0.39 is 5.97 Å². The van der Waals surface area contributed by atoms with E-state index in [1.807, 2.05) is 13.0 Å². The van der Waals surface area contributed by atoms with Crippen molar-refractivity contribution in [1.29, 1.82) is 5.26 Å². The first kappa shape index (κ1) is 20.5. The van der Waals surface area contributed by atoms with E-state index in [0.29, 0.717) is 35.2 Å². The molecule has 0 bridgehead atoms. The van der Waals surface area contributed by atoms with E-state index in [-0.39, 0.29) is 18.4 Å². The van der Waals surface area contributed by atoms with E-state index in [2.05, 4.69) is 6.07 Å². The maximum absolute atomic E-state index is 12.6. The molecule has 1 aliphatic rings. The number of hydroxylamine groups is 2. The summed E-state index contributed by atoms with van der Waals surface area (Å²) < 4.78 is 6.97. The van der Waals surface area contributed by atoms with E-state index in [1.54, 1.807) is 37.7 Å². The maximum atomic E-state index is 12.6. The Kier molecular flexibility index (Phi) is 6.59. The molecular weight excluding hydrogens is 346 g/mol. The monoisotopic (exact) mass is 371 g/mol. The number of aromatic nitrogens is 1. The maximum Gasteiger partial charge on any atom is 0.355 e. The van der Waals surface area contributed by atoms with E-state index in [1.165, 1.54) is 7.11 Å². The van der Waals surface area contributed by atoms with Crippen molar-refractivity contribution < 1.29 is 19.2 Å². The molecule has 0 radical (unpaired) electrons. The number of likely N-dealkylation sites (N-methyl/N-ethyl adjacent to an activating group) is 1. The smallest absolute Gasteiger partial charge is 0.355 e. The standard InChI is InChI=1S/C20H25N3O4/c1-6-16-15(12-21)17(18(22(16)3)20(25)27-7-2)13-8-10-14(11-9-13)19(24)23(4)26-5/h8,10-11,13H,6-7,9H2,1-5H3. The van der Waals surface area contributed by atoms with Gasteiger partial charge in [0.25, 0.3) is 5.91 Å². The summed E-state index contributed by atoms with van der Waals surface area (Å²) >= 11 is 0. The number of esters is 1. The minimum absolute atomic E-state index is 0.185. The summed E-state index contributed by atoms with van der Waals surface area (Å²) in [6.45, 7) is 3.96. The second kappa shape index (κ2) is 8.69. The molecule has 1 aromatic rings. The highest BCUT2D eigenvalue weighted by molar-refractivity contribution is 5.96. The van der Waals surface area contributed by atoms with Gasteiger partial charge in [0.2, 0.25) is 0 Å². The topological polar surface area (TPSA) is 84.6 Å². The Morgan fingerprint density at radius 1 is 1.41 bits per heavy atom. The number of allylic oxidation sites excluding steroid dienone is 2. The zero-order chi connectivity index (χ0) is 20.1. The quantitative estimate of drug-likeness (QED) is 0.567. The minimum atomic E-state index is -0.440. The molecule has 1 aliphatic carbocycles. The molecule has 2 rings (SSSR count). The van der Waals surface area contributed by atoms with Crippen molar-refractivity contribution in [2.45, 2.75) is 32.6 Å². The Balaban J connectivity index is 2.46. The predicted octanol–water partition coefficient (Wildman–Crippen LogP) is 2.63. The first-order valence-electron chi connectivity index (χ1n) is 8.90. The summed E-state index contributed by atoms with van der Waals surface area (Å²) in [5.41, 5.74) is 2.88. The number of hydrogen-bond donors (Lipinski definition) is 0. The van der Waals surface area contributed by atoms with Crippen molar-refractivity contribution in [1.82, 2.24) is 9.63 Å². The lowest BCUT2D eigenvalue weighted by Gasteiger charge is -2.20. The highest BCUT2D eigenvalue weighted by atomic mass is 16.7. The second-order valence-corrected chi connectivity index (χ2v) is 6.17. The molecule has 1 atom stereocenters. The van der Waals surface area contributed by atoms with Gasteiger partial charge in [0, 0.05) is 36.8 Å². The number of carbonyl (C=O) groups excluding carboxylic acids is 2. The van der Waals surface area contributed by atoms with Crippen LogP contribution >= 0.6 is 0 Å². The van der Waals surface area contributed by atoms with Crippen LogP contribution in [0.4, 0.5) is 0 Å². The number of nitriles is 1. The Morgan fingerprint density at radius 2 is 2.11 bits per heavy atom. The average Bonchev–Trinajstić information content (AvgIpc) is 2.98. The minimum Gasteiger partial charge on any atom is -0.461 e. The van der Waals surface area contributed by atoms with Crippen molar-refractivity contribution in [2.24, 2.45) is 7.05 Å². The molecule has 0 aliphatic heterocycles. The molecule has 7 heteroatoms. The van der Waals surface area contributed by atoms with Crippen molar-refractivity contribution in [3.8, 4) is 6.07 Å². The van der Waals surface area contributed by atoms with Gasteiger partial charge in [-0.1, -0.05) is 25.2 Å². The fourth-order valence-electron chi connectivity index (χ4n) is 3.36. The molecule has 7 nitrogen and oxygen atoms in total. The molecule has 0 fully saturated rings. The summed E-state index contributed by atoms with van der Waals surface area (Å²) in [6.07, 6.45) is 6.50. The zero-order valence-corrected chi connectivity index (χ0v) is 16.4. The Labute approximate surface area is 159 Å². The largest absolute Gasteiger partial charge is 0.461 e. The van der Waals surface area contributed by atoms with Gasteiger partial charge < -0.3 is 9.30 Å². The highest BCUT2D eigenvalue weighted by Crippen LogP contribution is 2.35. The van der Waals surface area contributed by atoms with Crippen molar-refractivity contribution in [3.63, 3.8) is 0 Å². The van der Waals surface area contributed by atoms with Crippen LogP contribution < -0.4 is 0 Å². The van der Waals surface area contributed by atoms with Gasteiger partial charge in [0.15, 0.2) is 0 Å². The molecule has 0 saturated heterocycles. The lowest BCUT2D eigenvalue weighted by Crippen LogP contribution is -2.27. The average molecular weight is 371 g/mol. The third-order valence-electron chi connectivity index (χ3n) is 4.75. The van der Waals surface area contributed by atoms with Gasteiger partial charge in [-0.25, -0.2) is 9.86 Å². The number of ether oxygens (including phenoxy) is 1. The molecular formula is C20H25N3O4. The lowest BCUT2D eigenvalue weighted by atomic mass is 9.87. The summed E-state index contributed by atoms with van der Waals surface area (Å²) in [6, 6.07) is 2.25. The molecule has 0 N–H and O–H groups in total. The fraction of sp³-hybridized carbons (Fsp3) is 0.450. The van der Waals surface area contributed by atoms with Crippen molar-refractivity contribution >= 4 is 11.9 Å². The van der Waals surface area contributed by atoms with Gasteiger partial charge in [-0.2, -0.15) is 5.26 Å². The number of rotatable bonds is 6. The first-order valence-corrected chi connectivity index (χ1v) is 8.90. The second-order valence-electron chi connectivity index (χ2n) is 6.17. The number of amides is 1. The lowest BCUT2D eigenvalue weighted by molar-refractivity contribution is -0.163. The van der Waals surface area contributed by atoms with Gasteiger partial charge >= 0.3 is 5.97 Å². The van der Waals surface area contributed by atoms with E-state index >= 15 is 0 Å². The first-order chi connectivity index (χ1) is 12.9. The van der Waals surface area contributed by atoms with E-state index in [9.17, 15) is 14.9 Å². The van der Waals surface area contributed by atoms with E-state index in [0.717, 1.165) is 10.8 Å². The van der Waals surface area contributed by atoms with Crippen LogP contribution in [0.15, 0.2) is 23.8 Å². The summed E-state index contributed by atoms with van der Waals surface area (Å²) in [4.78, 5) is 29.7.